The number of ether oxygens (including phenoxy) is 1. The Morgan fingerprint density at radius 1 is 1.37 bits per heavy atom. The summed E-state index contributed by atoms with van der Waals surface area (Å²) in [4.78, 5) is 22.9. The molecule has 0 spiro atoms. The van der Waals surface area contributed by atoms with E-state index in [1.165, 1.54) is 13.1 Å². The second-order valence-electron chi connectivity index (χ2n) is 3.88. The van der Waals surface area contributed by atoms with Gasteiger partial charge in [-0.2, -0.15) is 5.10 Å². The molecule has 19 heavy (non-hydrogen) atoms. The first kappa shape index (κ1) is 13.3. The molecule has 0 bridgehead atoms. The number of hydrogen-bond donors (Lipinski definition) is 0. The fourth-order valence-electron chi connectivity index (χ4n) is 1.67. The number of methoxy groups -OCH3 is 1. The summed E-state index contributed by atoms with van der Waals surface area (Å²) >= 11 is 5.39. The first-order valence-corrected chi connectivity index (χ1v) is 5.83. The van der Waals surface area contributed by atoms with Gasteiger partial charge in [-0.25, -0.2) is 4.68 Å². The third-order valence-electron chi connectivity index (χ3n) is 2.64. The fourth-order valence-corrected chi connectivity index (χ4v) is 1.81. The van der Waals surface area contributed by atoms with Crippen LogP contribution in [0.4, 0.5) is 0 Å². The topological polar surface area (TPSA) is 61.2 Å². The first-order valence-electron chi connectivity index (χ1n) is 5.45. The van der Waals surface area contributed by atoms with Crippen molar-refractivity contribution in [2.75, 3.05) is 7.11 Å². The Hall–Kier alpha value is -2.14. The Morgan fingerprint density at radius 3 is 2.74 bits per heavy atom. The third kappa shape index (κ3) is 2.66. The number of carbonyl (C=O) groups excluding carboxylic acids is 1. The van der Waals surface area contributed by atoms with E-state index in [0.29, 0.717) is 11.4 Å². The normalized spacial score (nSPS) is 10.3. The van der Waals surface area contributed by atoms with Gasteiger partial charge in [0.1, 0.15) is 11.3 Å². The van der Waals surface area contributed by atoms with E-state index in [1.54, 1.807) is 31.4 Å². The fraction of sp³-hybridized carbons (Fsp3) is 0.154. The van der Waals surface area contributed by atoms with Crippen LogP contribution in [-0.2, 0) is 7.05 Å². The average Bonchev–Trinajstić information content (AvgIpc) is 2.41. The van der Waals surface area contributed by atoms with Crippen LogP contribution in [0.5, 0.6) is 5.75 Å². The first-order chi connectivity index (χ1) is 9.02. The Balaban J connectivity index is 2.62. The second-order valence-corrected chi connectivity index (χ2v) is 4.22. The molecule has 0 saturated heterocycles. The van der Waals surface area contributed by atoms with Crippen molar-refractivity contribution in [2.24, 2.45) is 7.05 Å². The number of rotatable bonds is 3. The Kier molecular flexibility index (Phi) is 3.66. The van der Waals surface area contributed by atoms with E-state index in [9.17, 15) is 9.59 Å². The lowest BCUT2D eigenvalue weighted by molar-refractivity contribution is 0.107. The summed E-state index contributed by atoms with van der Waals surface area (Å²) in [5, 5.41) is 3.30. The summed E-state index contributed by atoms with van der Waals surface area (Å²) in [6.45, 7) is 0. The van der Waals surface area contributed by atoms with E-state index in [1.807, 2.05) is 0 Å². The van der Waals surface area contributed by atoms with Gasteiger partial charge in [-0.3, -0.25) is 9.59 Å². The lowest BCUT2D eigenvalue weighted by Crippen LogP contribution is -2.25. The van der Waals surface area contributed by atoms with Crippen molar-refractivity contribution in [3.63, 3.8) is 0 Å². The van der Waals surface area contributed by atoms with E-state index >= 15 is 0 Å². The van der Waals surface area contributed by atoms with E-state index < -0.39 is 10.8 Å². The van der Waals surface area contributed by atoms with Crippen LogP contribution in [0.25, 0.3) is 11.3 Å². The predicted octanol–water partition coefficient (Wildman–Crippen LogP) is 1.83. The Morgan fingerprint density at radius 2 is 2.11 bits per heavy atom. The maximum Gasteiger partial charge on any atom is 0.278 e. The smallest absolute Gasteiger partial charge is 0.278 e. The van der Waals surface area contributed by atoms with Crippen LogP contribution in [0.1, 0.15) is 10.4 Å². The van der Waals surface area contributed by atoms with Crippen molar-refractivity contribution in [1.29, 1.82) is 0 Å². The maximum atomic E-state index is 11.7. The zero-order valence-electron chi connectivity index (χ0n) is 10.4. The molecule has 0 radical (unpaired) electrons. The molecule has 1 heterocycles. The standard InChI is InChI=1S/C13H11ClN2O3/c1-16-13(18)10(12(14)17)7-11(15-16)8-4-3-5-9(6-8)19-2/h3-7H,1-2H3. The van der Waals surface area contributed by atoms with E-state index in [0.717, 1.165) is 10.2 Å². The molecule has 0 aliphatic rings. The van der Waals surface area contributed by atoms with Gasteiger partial charge in [-0.15, -0.1) is 0 Å². The van der Waals surface area contributed by atoms with E-state index in [2.05, 4.69) is 5.10 Å². The summed E-state index contributed by atoms with van der Waals surface area (Å²) in [5.41, 5.74) is 0.586. The minimum absolute atomic E-state index is 0.100. The summed E-state index contributed by atoms with van der Waals surface area (Å²) < 4.78 is 6.21. The number of aromatic nitrogens is 2. The van der Waals surface area contributed by atoms with E-state index in [4.69, 9.17) is 16.3 Å². The van der Waals surface area contributed by atoms with Crippen LogP contribution in [0, 0.1) is 0 Å². The molecular formula is C13H11ClN2O3. The van der Waals surface area contributed by atoms with Gasteiger partial charge in [0, 0.05) is 12.6 Å². The molecule has 5 nitrogen and oxygen atoms in total. The van der Waals surface area contributed by atoms with Crippen LogP contribution >= 0.6 is 11.6 Å². The van der Waals surface area contributed by atoms with Crippen LogP contribution in [0.3, 0.4) is 0 Å². The monoisotopic (exact) mass is 278 g/mol. The molecular weight excluding hydrogens is 268 g/mol. The molecule has 1 aromatic heterocycles. The molecule has 98 valence electrons. The number of aryl methyl sites for hydroxylation is 1. The molecule has 6 heteroatoms. The SMILES string of the molecule is COc1cccc(-c2cc(C(=O)Cl)c(=O)n(C)n2)c1. The molecule has 0 unspecified atom stereocenters. The van der Waals surface area contributed by atoms with Crippen LogP contribution < -0.4 is 10.3 Å². The zero-order chi connectivity index (χ0) is 14.0. The number of hydrogen-bond acceptors (Lipinski definition) is 4. The molecule has 2 rings (SSSR count). The zero-order valence-corrected chi connectivity index (χ0v) is 11.1. The molecule has 0 aliphatic carbocycles. The highest BCUT2D eigenvalue weighted by atomic mass is 35.5. The highest BCUT2D eigenvalue weighted by Gasteiger charge is 2.13. The van der Waals surface area contributed by atoms with Gasteiger partial charge in [0.25, 0.3) is 10.8 Å². The number of halogens is 1. The summed E-state index contributed by atoms with van der Waals surface area (Å²) in [5.74, 6) is 0.659. The molecule has 0 atom stereocenters. The molecule has 0 amide bonds. The lowest BCUT2D eigenvalue weighted by atomic mass is 10.1. The van der Waals surface area contributed by atoms with Gasteiger partial charge in [0.2, 0.25) is 0 Å². The van der Waals surface area contributed by atoms with Gasteiger partial charge in [0.15, 0.2) is 0 Å². The van der Waals surface area contributed by atoms with Gasteiger partial charge in [0.05, 0.1) is 12.8 Å². The Labute approximate surface area is 114 Å². The molecule has 0 saturated carbocycles. The predicted molar refractivity (Wildman–Crippen MR) is 71.6 cm³/mol. The lowest BCUT2D eigenvalue weighted by Gasteiger charge is -2.06. The minimum Gasteiger partial charge on any atom is -0.497 e. The van der Waals surface area contributed by atoms with Crippen molar-refractivity contribution in [3.8, 4) is 17.0 Å². The van der Waals surface area contributed by atoms with Crippen molar-refractivity contribution >= 4 is 16.8 Å². The minimum atomic E-state index is -0.799. The second kappa shape index (κ2) is 5.24. The number of carbonyl (C=O) groups is 1. The molecule has 1 aromatic carbocycles. The van der Waals surface area contributed by atoms with Gasteiger partial charge in [-0.1, -0.05) is 12.1 Å². The summed E-state index contributed by atoms with van der Waals surface area (Å²) in [7, 11) is 3.02. The number of benzene rings is 1. The molecule has 0 fully saturated rings. The van der Waals surface area contributed by atoms with Gasteiger partial charge >= 0.3 is 0 Å². The summed E-state index contributed by atoms with van der Waals surface area (Å²) in [6.07, 6.45) is 0. The van der Waals surface area contributed by atoms with Gasteiger partial charge in [-0.05, 0) is 29.8 Å². The van der Waals surface area contributed by atoms with Crippen LogP contribution in [0.15, 0.2) is 35.1 Å². The van der Waals surface area contributed by atoms with Crippen LogP contribution in [0.2, 0.25) is 0 Å². The van der Waals surface area contributed by atoms with Crippen LogP contribution in [-0.4, -0.2) is 22.1 Å². The molecule has 0 N–H and O–H groups in total. The summed E-state index contributed by atoms with van der Waals surface area (Å²) in [6, 6.07) is 8.53. The highest BCUT2D eigenvalue weighted by molar-refractivity contribution is 6.67. The average molecular weight is 279 g/mol. The van der Waals surface area contributed by atoms with Crippen molar-refractivity contribution in [3.05, 3.63) is 46.2 Å². The van der Waals surface area contributed by atoms with Crippen molar-refractivity contribution in [1.82, 2.24) is 9.78 Å². The largest absolute Gasteiger partial charge is 0.497 e. The highest BCUT2D eigenvalue weighted by Crippen LogP contribution is 2.22. The number of nitrogens with zero attached hydrogens (tertiary/aromatic N) is 2. The quantitative estimate of drug-likeness (QED) is 0.804. The molecule has 0 aliphatic heterocycles. The molecule has 2 aromatic rings. The Bertz CT molecular complexity index is 695. The third-order valence-corrected chi connectivity index (χ3v) is 2.84. The van der Waals surface area contributed by atoms with E-state index in [-0.39, 0.29) is 5.56 Å². The van der Waals surface area contributed by atoms with Crippen molar-refractivity contribution < 1.29 is 9.53 Å². The van der Waals surface area contributed by atoms with Crippen molar-refractivity contribution in [2.45, 2.75) is 0 Å². The van der Waals surface area contributed by atoms with Gasteiger partial charge < -0.3 is 4.74 Å². The maximum absolute atomic E-state index is 11.7.